The lowest BCUT2D eigenvalue weighted by atomic mass is 9.98. The highest BCUT2D eigenvalue weighted by Crippen LogP contribution is 2.34. The van der Waals surface area contributed by atoms with Crippen LogP contribution in [-0.4, -0.2) is 36.5 Å². The van der Waals surface area contributed by atoms with Crippen LogP contribution in [0, 0.1) is 0 Å². The van der Waals surface area contributed by atoms with Crippen molar-refractivity contribution in [1.82, 2.24) is 4.90 Å². The highest BCUT2D eigenvalue weighted by molar-refractivity contribution is 5.85. The molecule has 1 aromatic rings. The first-order chi connectivity index (χ1) is 8.75. The van der Waals surface area contributed by atoms with E-state index in [2.05, 4.69) is 0 Å². The molecule has 0 radical (unpaired) electrons. The number of carbonyl (C=O) groups excluding carboxylic acids is 1. The Morgan fingerprint density at radius 2 is 2.22 bits per heavy atom. The van der Waals surface area contributed by atoms with Crippen molar-refractivity contribution in [1.29, 1.82) is 0 Å². The number of carbonyl (C=O) groups is 1. The Kier molecular flexibility index (Phi) is 2.96. The second-order valence-corrected chi connectivity index (χ2v) is 5.09. The molecule has 0 saturated carbocycles. The van der Waals surface area contributed by atoms with Crippen LogP contribution in [0.25, 0.3) is 0 Å². The number of likely N-dealkylation sites (tertiary alicyclic amines) is 1. The van der Waals surface area contributed by atoms with Gasteiger partial charge in [0.15, 0.2) is 0 Å². The van der Waals surface area contributed by atoms with E-state index >= 15 is 0 Å². The van der Waals surface area contributed by atoms with Gasteiger partial charge in [-0.05, 0) is 18.9 Å². The van der Waals surface area contributed by atoms with E-state index in [0.717, 1.165) is 30.7 Å². The molecule has 2 aliphatic rings. The largest absolute Gasteiger partial charge is 0.492 e. The van der Waals surface area contributed by atoms with Crippen molar-refractivity contribution in [3.05, 3.63) is 29.8 Å². The second kappa shape index (κ2) is 4.61. The maximum Gasteiger partial charge on any atom is 0.233 e. The van der Waals surface area contributed by atoms with Gasteiger partial charge in [0, 0.05) is 24.7 Å². The van der Waals surface area contributed by atoms with E-state index in [1.807, 2.05) is 29.2 Å². The Hall–Kier alpha value is -1.55. The number of benzene rings is 1. The minimum Gasteiger partial charge on any atom is -0.492 e. The Morgan fingerprint density at radius 1 is 1.39 bits per heavy atom. The minimum absolute atomic E-state index is 0.125. The normalized spacial score (nSPS) is 26.6. The van der Waals surface area contributed by atoms with Crippen molar-refractivity contribution in [2.45, 2.75) is 24.8 Å². The molecule has 3 rings (SSSR count). The van der Waals surface area contributed by atoms with E-state index in [1.54, 1.807) is 0 Å². The Morgan fingerprint density at radius 3 is 3.06 bits per heavy atom. The molecular weight excluding hydrogens is 228 g/mol. The van der Waals surface area contributed by atoms with E-state index < -0.39 is 0 Å². The Balaban J connectivity index is 1.78. The zero-order valence-electron chi connectivity index (χ0n) is 10.3. The summed E-state index contributed by atoms with van der Waals surface area (Å²) in [5.41, 5.74) is 6.95. The van der Waals surface area contributed by atoms with Crippen LogP contribution in [0.4, 0.5) is 0 Å². The standard InChI is InChI=1S/C14H18N2O2/c15-10-4-3-7-16(8-10)14(17)12-9-18-13-6-2-1-5-11(12)13/h1-2,5-6,10,12H,3-4,7-9,15H2. The number of rotatable bonds is 1. The lowest BCUT2D eigenvalue weighted by Gasteiger charge is -2.32. The third-order valence-corrected chi connectivity index (χ3v) is 3.77. The lowest BCUT2D eigenvalue weighted by Crippen LogP contribution is -2.47. The molecular formula is C14H18N2O2. The number of para-hydroxylation sites is 1. The van der Waals surface area contributed by atoms with Gasteiger partial charge in [0.25, 0.3) is 0 Å². The first-order valence-electron chi connectivity index (χ1n) is 6.52. The molecule has 18 heavy (non-hydrogen) atoms. The van der Waals surface area contributed by atoms with E-state index in [4.69, 9.17) is 10.5 Å². The third-order valence-electron chi connectivity index (χ3n) is 3.77. The maximum absolute atomic E-state index is 12.5. The fourth-order valence-corrected chi connectivity index (χ4v) is 2.80. The lowest BCUT2D eigenvalue weighted by molar-refractivity contribution is -0.134. The number of hydrogen-bond acceptors (Lipinski definition) is 3. The van der Waals surface area contributed by atoms with Crippen LogP contribution in [0.1, 0.15) is 24.3 Å². The minimum atomic E-state index is -0.147. The van der Waals surface area contributed by atoms with Crippen LogP contribution < -0.4 is 10.5 Å². The zero-order chi connectivity index (χ0) is 12.5. The molecule has 0 aliphatic carbocycles. The van der Waals surface area contributed by atoms with E-state index in [9.17, 15) is 4.79 Å². The van der Waals surface area contributed by atoms with Crippen molar-refractivity contribution >= 4 is 5.91 Å². The summed E-state index contributed by atoms with van der Waals surface area (Å²) in [5, 5.41) is 0. The van der Waals surface area contributed by atoms with Gasteiger partial charge in [-0.2, -0.15) is 0 Å². The highest BCUT2D eigenvalue weighted by Gasteiger charge is 2.34. The molecule has 1 amide bonds. The van der Waals surface area contributed by atoms with Crippen LogP contribution in [0.3, 0.4) is 0 Å². The second-order valence-electron chi connectivity index (χ2n) is 5.09. The molecule has 2 N–H and O–H groups in total. The summed E-state index contributed by atoms with van der Waals surface area (Å²) in [5.74, 6) is 0.860. The van der Waals surface area contributed by atoms with Crippen LogP contribution in [0.2, 0.25) is 0 Å². The molecule has 2 aliphatic heterocycles. The van der Waals surface area contributed by atoms with Gasteiger partial charge in [0.1, 0.15) is 18.3 Å². The first kappa shape index (κ1) is 11.5. The van der Waals surface area contributed by atoms with E-state index in [-0.39, 0.29) is 17.9 Å². The fraction of sp³-hybridized carbons (Fsp3) is 0.500. The average molecular weight is 246 g/mol. The van der Waals surface area contributed by atoms with Crippen LogP contribution in [0.15, 0.2) is 24.3 Å². The van der Waals surface area contributed by atoms with Gasteiger partial charge in [0.05, 0.1) is 0 Å². The van der Waals surface area contributed by atoms with Crippen molar-refractivity contribution < 1.29 is 9.53 Å². The van der Waals surface area contributed by atoms with Crippen LogP contribution in [-0.2, 0) is 4.79 Å². The summed E-state index contributed by atoms with van der Waals surface area (Å²) in [6.07, 6.45) is 2.02. The Labute approximate surface area is 107 Å². The molecule has 96 valence electrons. The van der Waals surface area contributed by atoms with Crippen molar-refractivity contribution in [2.75, 3.05) is 19.7 Å². The quantitative estimate of drug-likeness (QED) is 0.807. The number of amides is 1. The summed E-state index contributed by atoms with van der Waals surface area (Å²) >= 11 is 0. The summed E-state index contributed by atoms with van der Waals surface area (Å²) < 4.78 is 5.57. The number of nitrogens with two attached hydrogens (primary N) is 1. The average Bonchev–Trinajstić information content (AvgIpc) is 2.82. The van der Waals surface area contributed by atoms with Gasteiger partial charge < -0.3 is 15.4 Å². The topological polar surface area (TPSA) is 55.6 Å². The molecule has 2 unspecified atom stereocenters. The van der Waals surface area contributed by atoms with Gasteiger partial charge in [-0.25, -0.2) is 0 Å². The summed E-state index contributed by atoms with van der Waals surface area (Å²) in [4.78, 5) is 14.4. The molecule has 0 aromatic heterocycles. The smallest absolute Gasteiger partial charge is 0.233 e. The maximum atomic E-state index is 12.5. The van der Waals surface area contributed by atoms with Crippen molar-refractivity contribution in [2.24, 2.45) is 5.73 Å². The number of hydrogen-bond donors (Lipinski definition) is 1. The number of ether oxygens (including phenoxy) is 1. The molecule has 2 heterocycles. The molecule has 1 fully saturated rings. The number of fused-ring (bicyclic) bond motifs is 1. The fourth-order valence-electron chi connectivity index (χ4n) is 2.80. The third kappa shape index (κ3) is 1.97. The van der Waals surface area contributed by atoms with Gasteiger partial charge in [-0.15, -0.1) is 0 Å². The SMILES string of the molecule is NC1CCCN(C(=O)C2COc3ccccc32)C1. The molecule has 1 saturated heterocycles. The predicted molar refractivity (Wildman–Crippen MR) is 68.5 cm³/mol. The number of nitrogens with zero attached hydrogens (tertiary/aromatic N) is 1. The van der Waals surface area contributed by atoms with Crippen molar-refractivity contribution in [3.8, 4) is 5.75 Å². The van der Waals surface area contributed by atoms with E-state index in [0.29, 0.717) is 13.2 Å². The van der Waals surface area contributed by atoms with E-state index in [1.165, 1.54) is 0 Å². The molecule has 4 heteroatoms. The predicted octanol–water partition coefficient (Wildman–Crippen LogP) is 1.11. The highest BCUT2D eigenvalue weighted by atomic mass is 16.5. The summed E-state index contributed by atoms with van der Waals surface area (Å²) in [7, 11) is 0. The first-order valence-corrected chi connectivity index (χ1v) is 6.52. The van der Waals surface area contributed by atoms with Crippen LogP contribution >= 0.6 is 0 Å². The van der Waals surface area contributed by atoms with Crippen molar-refractivity contribution in [3.63, 3.8) is 0 Å². The van der Waals surface area contributed by atoms with Gasteiger partial charge in [-0.1, -0.05) is 18.2 Å². The van der Waals surface area contributed by atoms with Gasteiger partial charge in [0.2, 0.25) is 5.91 Å². The molecule has 1 aromatic carbocycles. The Bertz CT molecular complexity index is 461. The van der Waals surface area contributed by atoms with Gasteiger partial charge in [-0.3, -0.25) is 4.79 Å². The molecule has 2 atom stereocenters. The van der Waals surface area contributed by atoms with Crippen LogP contribution in [0.5, 0.6) is 5.75 Å². The monoisotopic (exact) mass is 246 g/mol. The summed E-state index contributed by atoms with van der Waals surface area (Å²) in [6, 6.07) is 7.91. The zero-order valence-corrected chi connectivity index (χ0v) is 10.3. The van der Waals surface area contributed by atoms with Gasteiger partial charge >= 0.3 is 0 Å². The molecule has 4 nitrogen and oxygen atoms in total. The molecule has 0 spiro atoms. The number of piperidine rings is 1. The molecule has 0 bridgehead atoms. The summed E-state index contributed by atoms with van der Waals surface area (Å²) in [6.45, 7) is 1.96.